The molecule has 2 aromatic rings. The van der Waals surface area contributed by atoms with E-state index in [-0.39, 0.29) is 23.3 Å². The van der Waals surface area contributed by atoms with Crippen LogP contribution in [0.1, 0.15) is 23.3 Å². The molecule has 0 N–H and O–H groups in total. The molecule has 2 heterocycles. The molecule has 1 aromatic heterocycles. The molecule has 126 valence electrons. The summed E-state index contributed by atoms with van der Waals surface area (Å²) in [6.45, 7) is 0.537. The minimum Gasteiger partial charge on any atom is -0.347 e. The van der Waals surface area contributed by atoms with Gasteiger partial charge in [0.1, 0.15) is 22.6 Å². The van der Waals surface area contributed by atoms with Gasteiger partial charge in [-0.15, -0.1) is 11.3 Å². The molecule has 1 saturated heterocycles. The highest BCUT2D eigenvalue weighted by molar-refractivity contribution is 7.13. The number of carbonyl (C=O) groups is 2. The van der Waals surface area contributed by atoms with Crippen molar-refractivity contribution in [2.45, 2.75) is 18.9 Å². The number of hydrogen-bond acceptors (Lipinski definition) is 4. The topological polar surface area (TPSA) is 53.5 Å². The van der Waals surface area contributed by atoms with Crippen LogP contribution in [0, 0.1) is 5.82 Å². The predicted octanol–water partition coefficient (Wildman–Crippen LogP) is 2.64. The summed E-state index contributed by atoms with van der Waals surface area (Å²) in [6.07, 6.45) is 1.45. The molecular weight excluding hydrogens is 329 g/mol. The number of halogens is 1. The van der Waals surface area contributed by atoms with Crippen LogP contribution in [0.15, 0.2) is 29.6 Å². The van der Waals surface area contributed by atoms with Gasteiger partial charge in [-0.25, -0.2) is 9.37 Å². The first-order valence-electron chi connectivity index (χ1n) is 7.71. The second-order valence-corrected chi connectivity index (χ2v) is 6.77. The largest absolute Gasteiger partial charge is 0.347 e. The standard InChI is InChI=1S/C17H18FN3O2S/c1-20(2)17(23)14-8-5-9-21(14)16(22)13-10-24-15(19-13)11-6-3-4-7-12(11)18/h3-4,6-7,10,14H,5,8-9H2,1-2H3. The molecular formula is C17H18FN3O2S. The number of thiazole rings is 1. The van der Waals surface area contributed by atoms with Crippen molar-refractivity contribution in [3.63, 3.8) is 0 Å². The SMILES string of the molecule is CN(C)C(=O)C1CCCN1C(=O)c1csc(-c2ccccc2F)n1. The highest BCUT2D eigenvalue weighted by Gasteiger charge is 2.36. The zero-order valence-electron chi connectivity index (χ0n) is 13.5. The van der Waals surface area contributed by atoms with Crippen molar-refractivity contribution in [2.24, 2.45) is 0 Å². The Morgan fingerprint density at radius 3 is 2.79 bits per heavy atom. The Labute approximate surface area is 143 Å². The van der Waals surface area contributed by atoms with Crippen LogP contribution >= 0.6 is 11.3 Å². The van der Waals surface area contributed by atoms with Crippen LogP contribution in [0.4, 0.5) is 4.39 Å². The number of benzene rings is 1. The normalized spacial score (nSPS) is 17.1. The van der Waals surface area contributed by atoms with E-state index >= 15 is 0 Å². The van der Waals surface area contributed by atoms with E-state index in [0.29, 0.717) is 23.5 Å². The fraction of sp³-hybridized carbons (Fsp3) is 0.353. The van der Waals surface area contributed by atoms with Gasteiger partial charge in [-0.1, -0.05) is 12.1 Å². The summed E-state index contributed by atoms with van der Waals surface area (Å²) >= 11 is 1.23. The maximum atomic E-state index is 13.9. The first-order chi connectivity index (χ1) is 11.5. The maximum Gasteiger partial charge on any atom is 0.274 e. The Balaban J connectivity index is 1.84. The van der Waals surface area contributed by atoms with Gasteiger partial charge in [0.25, 0.3) is 5.91 Å². The van der Waals surface area contributed by atoms with E-state index in [2.05, 4.69) is 4.98 Å². The Morgan fingerprint density at radius 2 is 2.08 bits per heavy atom. The number of carbonyl (C=O) groups excluding carboxylic acids is 2. The summed E-state index contributed by atoms with van der Waals surface area (Å²) in [5.74, 6) is -0.718. The van der Waals surface area contributed by atoms with E-state index < -0.39 is 6.04 Å². The molecule has 1 atom stereocenters. The minimum absolute atomic E-state index is 0.0783. The molecule has 1 aliphatic rings. The zero-order chi connectivity index (χ0) is 17.3. The second kappa shape index (κ2) is 6.68. The molecule has 0 spiro atoms. The molecule has 1 unspecified atom stereocenters. The van der Waals surface area contributed by atoms with E-state index in [4.69, 9.17) is 0 Å². The third-order valence-electron chi connectivity index (χ3n) is 4.07. The second-order valence-electron chi connectivity index (χ2n) is 5.91. The van der Waals surface area contributed by atoms with Crippen LogP contribution in [0.2, 0.25) is 0 Å². The lowest BCUT2D eigenvalue weighted by molar-refractivity contribution is -0.132. The van der Waals surface area contributed by atoms with Crippen molar-refractivity contribution in [1.82, 2.24) is 14.8 Å². The maximum absolute atomic E-state index is 13.9. The molecule has 2 amide bonds. The van der Waals surface area contributed by atoms with Crippen LogP contribution in [-0.4, -0.2) is 53.3 Å². The van der Waals surface area contributed by atoms with Gasteiger partial charge in [-0.05, 0) is 25.0 Å². The Hall–Kier alpha value is -2.28. The lowest BCUT2D eigenvalue weighted by Crippen LogP contribution is -2.45. The van der Waals surface area contributed by atoms with Gasteiger partial charge in [-0.2, -0.15) is 0 Å². The van der Waals surface area contributed by atoms with Crippen molar-refractivity contribution in [1.29, 1.82) is 0 Å². The van der Waals surface area contributed by atoms with Crippen LogP contribution in [-0.2, 0) is 4.79 Å². The fourth-order valence-electron chi connectivity index (χ4n) is 2.84. The van der Waals surface area contributed by atoms with E-state index in [1.54, 1.807) is 42.6 Å². The molecule has 0 radical (unpaired) electrons. The van der Waals surface area contributed by atoms with Gasteiger partial charge in [0.05, 0.1) is 0 Å². The minimum atomic E-state index is -0.439. The van der Waals surface area contributed by atoms with Crippen LogP contribution < -0.4 is 0 Å². The number of amides is 2. The molecule has 0 bridgehead atoms. The number of likely N-dealkylation sites (N-methyl/N-ethyl adjacent to an activating group) is 1. The molecule has 0 aliphatic carbocycles. The average molecular weight is 347 g/mol. The average Bonchev–Trinajstić information content (AvgIpc) is 3.23. The van der Waals surface area contributed by atoms with Gasteiger partial charge in [0.15, 0.2) is 0 Å². The molecule has 1 aromatic carbocycles. The summed E-state index contributed by atoms with van der Waals surface area (Å²) in [4.78, 5) is 32.3. The number of hydrogen-bond donors (Lipinski definition) is 0. The smallest absolute Gasteiger partial charge is 0.274 e. The number of rotatable bonds is 3. The van der Waals surface area contributed by atoms with Gasteiger partial charge in [0, 0.05) is 31.6 Å². The van der Waals surface area contributed by atoms with Crippen LogP contribution in [0.25, 0.3) is 10.6 Å². The fourth-order valence-corrected chi connectivity index (χ4v) is 3.66. The molecule has 24 heavy (non-hydrogen) atoms. The quantitative estimate of drug-likeness (QED) is 0.858. The monoisotopic (exact) mass is 347 g/mol. The third-order valence-corrected chi connectivity index (χ3v) is 4.94. The lowest BCUT2D eigenvalue weighted by Gasteiger charge is -2.25. The number of likely N-dealkylation sites (tertiary alicyclic amines) is 1. The van der Waals surface area contributed by atoms with E-state index in [9.17, 15) is 14.0 Å². The molecule has 0 saturated carbocycles. The Kier molecular flexibility index (Phi) is 4.62. The van der Waals surface area contributed by atoms with Gasteiger partial charge >= 0.3 is 0 Å². The summed E-state index contributed by atoms with van der Waals surface area (Å²) in [7, 11) is 3.37. The third kappa shape index (κ3) is 3.03. The van der Waals surface area contributed by atoms with Crippen molar-refractivity contribution in [2.75, 3.05) is 20.6 Å². The highest BCUT2D eigenvalue weighted by Crippen LogP contribution is 2.28. The summed E-state index contributed by atoms with van der Waals surface area (Å²) < 4.78 is 13.9. The van der Waals surface area contributed by atoms with E-state index in [0.717, 1.165) is 6.42 Å². The predicted molar refractivity (Wildman–Crippen MR) is 90.3 cm³/mol. The molecule has 3 rings (SSSR count). The van der Waals surface area contributed by atoms with Crippen molar-refractivity contribution in [3.05, 3.63) is 41.2 Å². The van der Waals surface area contributed by atoms with E-state index in [1.165, 1.54) is 22.3 Å². The summed E-state index contributed by atoms with van der Waals surface area (Å²) in [6, 6.07) is 5.90. The Morgan fingerprint density at radius 1 is 1.33 bits per heavy atom. The van der Waals surface area contributed by atoms with Gasteiger partial charge < -0.3 is 9.80 Å². The molecule has 1 aliphatic heterocycles. The first kappa shape index (κ1) is 16.6. The van der Waals surface area contributed by atoms with Gasteiger partial charge in [-0.3, -0.25) is 9.59 Å². The van der Waals surface area contributed by atoms with Crippen molar-refractivity contribution >= 4 is 23.2 Å². The van der Waals surface area contributed by atoms with E-state index in [1.807, 2.05) is 0 Å². The number of nitrogens with zero attached hydrogens (tertiary/aromatic N) is 3. The Bertz CT molecular complexity index is 775. The van der Waals surface area contributed by atoms with Crippen molar-refractivity contribution in [3.8, 4) is 10.6 Å². The highest BCUT2D eigenvalue weighted by atomic mass is 32.1. The van der Waals surface area contributed by atoms with Crippen LogP contribution in [0.3, 0.4) is 0 Å². The molecule has 5 nitrogen and oxygen atoms in total. The molecule has 1 fully saturated rings. The summed E-state index contributed by atoms with van der Waals surface area (Å²) in [5, 5.41) is 2.09. The van der Waals surface area contributed by atoms with Gasteiger partial charge in [0.2, 0.25) is 5.91 Å². The lowest BCUT2D eigenvalue weighted by atomic mass is 10.2. The molecule has 7 heteroatoms. The summed E-state index contributed by atoms with van der Waals surface area (Å²) in [5.41, 5.74) is 0.639. The first-order valence-corrected chi connectivity index (χ1v) is 8.59. The van der Waals surface area contributed by atoms with Crippen molar-refractivity contribution < 1.29 is 14.0 Å². The van der Waals surface area contributed by atoms with Crippen LogP contribution in [0.5, 0.6) is 0 Å². The zero-order valence-corrected chi connectivity index (χ0v) is 14.3. The number of aromatic nitrogens is 1.